The molecule has 52 valence electrons. The van der Waals surface area contributed by atoms with Gasteiger partial charge in [0.2, 0.25) is 0 Å². The van der Waals surface area contributed by atoms with Crippen LogP contribution in [0.3, 0.4) is 0 Å². The van der Waals surface area contributed by atoms with Gasteiger partial charge in [-0.25, -0.2) is 0 Å². The van der Waals surface area contributed by atoms with E-state index in [4.69, 9.17) is 11.5 Å². The van der Waals surface area contributed by atoms with E-state index >= 15 is 0 Å². The topological polar surface area (TPSA) is 87.0 Å². The fraction of sp³-hybridized carbons (Fsp3) is 1.00. The van der Waals surface area contributed by atoms with Gasteiger partial charge in [-0.1, -0.05) is 13.8 Å². The van der Waals surface area contributed by atoms with Crippen molar-refractivity contribution in [1.82, 2.24) is 6.15 Å². The molecule has 0 aromatic rings. The monoisotopic (exact) mass is 119 g/mol. The van der Waals surface area contributed by atoms with Crippen molar-refractivity contribution in [2.45, 2.75) is 13.8 Å². The van der Waals surface area contributed by atoms with Crippen molar-refractivity contribution in [2.24, 2.45) is 16.9 Å². The van der Waals surface area contributed by atoms with E-state index in [0.717, 1.165) is 0 Å². The van der Waals surface area contributed by atoms with Gasteiger partial charge >= 0.3 is 0 Å². The van der Waals surface area contributed by atoms with E-state index in [1.54, 1.807) is 0 Å². The molecule has 0 aliphatic heterocycles. The van der Waals surface area contributed by atoms with Gasteiger partial charge in [0.1, 0.15) is 0 Å². The number of hydrogen-bond donors (Lipinski definition) is 3. The van der Waals surface area contributed by atoms with E-state index in [1.807, 2.05) is 13.8 Å². The Morgan fingerprint density at radius 3 is 1.38 bits per heavy atom. The average molecular weight is 119 g/mol. The maximum absolute atomic E-state index is 5.34. The highest BCUT2D eigenvalue weighted by Crippen LogP contribution is 2.07. The summed E-state index contributed by atoms with van der Waals surface area (Å²) >= 11 is 0. The molecule has 7 N–H and O–H groups in total. The van der Waals surface area contributed by atoms with Crippen molar-refractivity contribution in [1.29, 1.82) is 0 Å². The Labute approximate surface area is 51.0 Å². The fourth-order valence-corrected chi connectivity index (χ4v) is 0.0833. The molecule has 0 bridgehead atoms. The van der Waals surface area contributed by atoms with Crippen LogP contribution in [-0.2, 0) is 0 Å². The Morgan fingerprint density at radius 2 is 1.38 bits per heavy atom. The zero-order valence-electron chi connectivity index (χ0n) is 5.78. The molecule has 3 nitrogen and oxygen atoms in total. The molecule has 0 heterocycles. The molecular weight excluding hydrogens is 102 g/mol. The van der Waals surface area contributed by atoms with E-state index in [9.17, 15) is 0 Å². The predicted molar refractivity (Wildman–Crippen MR) is 36.9 cm³/mol. The van der Waals surface area contributed by atoms with Crippen molar-refractivity contribution >= 4 is 0 Å². The van der Waals surface area contributed by atoms with Crippen LogP contribution in [0.2, 0.25) is 0 Å². The largest absolute Gasteiger partial charge is 0.344 e. The maximum Gasteiger partial charge on any atom is -0.00138 e. The normalized spacial score (nSPS) is 10.5. The molecule has 0 aliphatic carbocycles. The van der Waals surface area contributed by atoms with Crippen molar-refractivity contribution in [3.05, 3.63) is 0 Å². The standard InChI is InChI=1S/C5H14N2.H3N/c1-5(2,3-6)4-7;/h3-4,6-7H2,1-2H3;1H3. The second kappa shape index (κ2) is 3.83. The van der Waals surface area contributed by atoms with Crippen LogP contribution < -0.4 is 17.6 Å². The lowest BCUT2D eigenvalue weighted by Crippen LogP contribution is -2.31. The van der Waals surface area contributed by atoms with Crippen LogP contribution in [0, 0.1) is 5.41 Å². The molecule has 0 radical (unpaired) electrons. The second-order valence-electron chi connectivity index (χ2n) is 2.57. The van der Waals surface area contributed by atoms with Crippen molar-refractivity contribution < 1.29 is 0 Å². The minimum absolute atomic E-state index is 0. The number of rotatable bonds is 2. The average Bonchev–Trinajstić information content (AvgIpc) is 1.68. The first-order valence-corrected chi connectivity index (χ1v) is 2.52. The SMILES string of the molecule is CC(C)(CN)CN.N. The van der Waals surface area contributed by atoms with Crippen molar-refractivity contribution in [2.75, 3.05) is 13.1 Å². The second-order valence-corrected chi connectivity index (χ2v) is 2.57. The highest BCUT2D eigenvalue weighted by Gasteiger charge is 2.10. The molecular formula is C5H17N3. The third kappa shape index (κ3) is 4.05. The molecule has 0 aromatic heterocycles. The van der Waals surface area contributed by atoms with E-state index in [1.165, 1.54) is 0 Å². The van der Waals surface area contributed by atoms with Gasteiger partial charge in [-0.05, 0) is 18.5 Å². The van der Waals surface area contributed by atoms with Gasteiger partial charge in [-0.3, -0.25) is 0 Å². The van der Waals surface area contributed by atoms with Crippen LogP contribution in [0.1, 0.15) is 13.8 Å². The molecule has 0 saturated heterocycles. The van der Waals surface area contributed by atoms with E-state index < -0.39 is 0 Å². The zero-order valence-corrected chi connectivity index (χ0v) is 5.78. The smallest absolute Gasteiger partial charge is 0.00138 e. The molecule has 0 fully saturated rings. The molecule has 3 heteroatoms. The number of hydrogen-bond acceptors (Lipinski definition) is 3. The Kier molecular flexibility index (Phi) is 5.17. The van der Waals surface area contributed by atoms with Gasteiger partial charge < -0.3 is 17.6 Å². The molecule has 0 saturated carbocycles. The molecule has 0 aromatic carbocycles. The van der Waals surface area contributed by atoms with Gasteiger partial charge in [0, 0.05) is 0 Å². The summed E-state index contributed by atoms with van der Waals surface area (Å²) < 4.78 is 0. The lowest BCUT2D eigenvalue weighted by Gasteiger charge is -2.18. The third-order valence-corrected chi connectivity index (χ3v) is 1.11. The minimum atomic E-state index is 0. The molecule has 0 spiro atoms. The first-order valence-electron chi connectivity index (χ1n) is 2.52. The highest BCUT2D eigenvalue weighted by molar-refractivity contribution is 4.68. The third-order valence-electron chi connectivity index (χ3n) is 1.11. The zero-order chi connectivity index (χ0) is 5.91. The molecule has 0 unspecified atom stereocenters. The molecule has 0 rings (SSSR count). The Balaban J connectivity index is 0. The maximum atomic E-state index is 5.34. The summed E-state index contributed by atoms with van der Waals surface area (Å²) in [6.07, 6.45) is 0. The van der Waals surface area contributed by atoms with Gasteiger partial charge in [-0.15, -0.1) is 0 Å². The Hall–Kier alpha value is -0.120. The van der Waals surface area contributed by atoms with Crippen molar-refractivity contribution in [3.63, 3.8) is 0 Å². The summed E-state index contributed by atoms with van der Waals surface area (Å²) in [5.41, 5.74) is 10.8. The summed E-state index contributed by atoms with van der Waals surface area (Å²) in [6, 6.07) is 0. The van der Waals surface area contributed by atoms with Crippen LogP contribution in [0.5, 0.6) is 0 Å². The van der Waals surface area contributed by atoms with E-state index in [0.29, 0.717) is 13.1 Å². The van der Waals surface area contributed by atoms with Gasteiger partial charge in [0.15, 0.2) is 0 Å². The lowest BCUT2D eigenvalue weighted by atomic mass is 9.95. The molecule has 0 atom stereocenters. The minimum Gasteiger partial charge on any atom is -0.344 e. The quantitative estimate of drug-likeness (QED) is 0.481. The molecule has 0 amide bonds. The van der Waals surface area contributed by atoms with E-state index in [-0.39, 0.29) is 11.6 Å². The van der Waals surface area contributed by atoms with Gasteiger partial charge in [0.25, 0.3) is 0 Å². The Bertz CT molecular complexity index is 45.6. The van der Waals surface area contributed by atoms with Gasteiger partial charge in [-0.2, -0.15) is 0 Å². The van der Waals surface area contributed by atoms with Crippen LogP contribution in [0.25, 0.3) is 0 Å². The Morgan fingerprint density at radius 1 is 1.12 bits per heavy atom. The summed E-state index contributed by atoms with van der Waals surface area (Å²) in [6.45, 7) is 5.44. The molecule has 8 heavy (non-hydrogen) atoms. The van der Waals surface area contributed by atoms with Crippen LogP contribution in [0.15, 0.2) is 0 Å². The van der Waals surface area contributed by atoms with Crippen LogP contribution in [0.4, 0.5) is 0 Å². The molecule has 0 aliphatic rings. The van der Waals surface area contributed by atoms with Crippen LogP contribution in [-0.4, -0.2) is 13.1 Å². The number of nitrogens with two attached hydrogens (primary N) is 2. The summed E-state index contributed by atoms with van der Waals surface area (Å²) in [4.78, 5) is 0. The summed E-state index contributed by atoms with van der Waals surface area (Å²) in [7, 11) is 0. The lowest BCUT2D eigenvalue weighted by molar-refractivity contribution is 0.393. The summed E-state index contributed by atoms with van der Waals surface area (Å²) in [5, 5.41) is 0. The van der Waals surface area contributed by atoms with E-state index in [2.05, 4.69) is 0 Å². The highest BCUT2D eigenvalue weighted by atomic mass is 14.6. The summed E-state index contributed by atoms with van der Waals surface area (Å²) in [5.74, 6) is 0. The fourth-order valence-electron chi connectivity index (χ4n) is 0.0833. The predicted octanol–water partition coefficient (Wildman–Crippen LogP) is 0.0920. The first kappa shape index (κ1) is 10.8. The van der Waals surface area contributed by atoms with Crippen molar-refractivity contribution in [3.8, 4) is 0 Å². The first-order chi connectivity index (χ1) is 3.12. The van der Waals surface area contributed by atoms with Gasteiger partial charge in [0.05, 0.1) is 0 Å². The van der Waals surface area contributed by atoms with Crippen LogP contribution >= 0.6 is 0 Å².